The van der Waals surface area contributed by atoms with Crippen LogP contribution in [0.5, 0.6) is 0 Å². The Labute approximate surface area is 172 Å². The molecule has 154 valence electrons. The highest BCUT2D eigenvalue weighted by Crippen LogP contribution is 2.13. The van der Waals surface area contributed by atoms with Gasteiger partial charge in [-0.2, -0.15) is 9.78 Å². The van der Waals surface area contributed by atoms with Crippen LogP contribution in [0.4, 0.5) is 4.39 Å². The Morgan fingerprint density at radius 2 is 1.77 bits per heavy atom. The van der Waals surface area contributed by atoms with Crippen molar-refractivity contribution in [1.29, 1.82) is 0 Å². The SMILES string of the molecule is Cc1ccc(-n2nc(C(=O)N3CCCC3)c(=O)n(Cc3ccccc3)c2=O)cc1F. The summed E-state index contributed by atoms with van der Waals surface area (Å²) < 4.78 is 16.0. The first kappa shape index (κ1) is 19.8. The molecule has 1 aliphatic heterocycles. The van der Waals surface area contributed by atoms with Gasteiger partial charge in [0.05, 0.1) is 12.2 Å². The Bertz CT molecular complexity index is 1210. The Balaban J connectivity index is 1.90. The second kappa shape index (κ2) is 8.06. The van der Waals surface area contributed by atoms with E-state index in [0.29, 0.717) is 18.7 Å². The molecule has 0 N–H and O–H groups in total. The minimum atomic E-state index is -0.746. The van der Waals surface area contributed by atoms with Crippen molar-refractivity contribution in [2.24, 2.45) is 0 Å². The molecule has 7 nitrogen and oxygen atoms in total. The maximum absolute atomic E-state index is 14.1. The summed E-state index contributed by atoms with van der Waals surface area (Å²) in [5.41, 5.74) is -0.523. The van der Waals surface area contributed by atoms with E-state index in [1.165, 1.54) is 18.2 Å². The second-order valence-corrected chi connectivity index (χ2v) is 7.35. The van der Waals surface area contributed by atoms with Gasteiger partial charge in [-0.25, -0.2) is 9.18 Å². The van der Waals surface area contributed by atoms with Crippen molar-refractivity contribution in [1.82, 2.24) is 19.2 Å². The summed E-state index contributed by atoms with van der Waals surface area (Å²) in [6.07, 6.45) is 1.71. The Morgan fingerprint density at radius 3 is 2.43 bits per heavy atom. The van der Waals surface area contributed by atoms with Crippen LogP contribution >= 0.6 is 0 Å². The van der Waals surface area contributed by atoms with Crippen molar-refractivity contribution in [3.05, 3.63) is 92.0 Å². The number of benzene rings is 2. The summed E-state index contributed by atoms with van der Waals surface area (Å²) in [4.78, 5) is 40.7. The molecular weight excluding hydrogens is 387 g/mol. The molecule has 0 unspecified atom stereocenters. The van der Waals surface area contributed by atoms with E-state index in [4.69, 9.17) is 0 Å². The van der Waals surface area contributed by atoms with E-state index in [9.17, 15) is 18.8 Å². The molecule has 1 fully saturated rings. The summed E-state index contributed by atoms with van der Waals surface area (Å²) in [5.74, 6) is -1.02. The van der Waals surface area contributed by atoms with E-state index in [0.717, 1.165) is 27.7 Å². The lowest BCUT2D eigenvalue weighted by Crippen LogP contribution is -2.46. The fourth-order valence-electron chi connectivity index (χ4n) is 3.51. The van der Waals surface area contributed by atoms with Crippen molar-refractivity contribution in [3.8, 4) is 5.69 Å². The van der Waals surface area contributed by atoms with Crippen LogP contribution in [0.1, 0.15) is 34.5 Å². The molecule has 1 saturated heterocycles. The molecule has 0 atom stereocenters. The van der Waals surface area contributed by atoms with Gasteiger partial charge in [-0.1, -0.05) is 36.4 Å². The van der Waals surface area contributed by atoms with Crippen LogP contribution in [-0.4, -0.2) is 38.2 Å². The predicted molar refractivity (Wildman–Crippen MR) is 109 cm³/mol. The molecule has 4 rings (SSSR count). The van der Waals surface area contributed by atoms with Gasteiger partial charge in [-0.05, 0) is 37.0 Å². The van der Waals surface area contributed by atoms with E-state index in [-0.39, 0.29) is 17.9 Å². The zero-order valence-corrected chi connectivity index (χ0v) is 16.5. The first-order valence-corrected chi connectivity index (χ1v) is 9.79. The van der Waals surface area contributed by atoms with Gasteiger partial charge in [0, 0.05) is 19.2 Å². The van der Waals surface area contributed by atoms with Crippen LogP contribution in [0.3, 0.4) is 0 Å². The van der Waals surface area contributed by atoms with Gasteiger partial charge >= 0.3 is 5.69 Å². The molecule has 2 aromatic carbocycles. The topological polar surface area (TPSA) is 77.2 Å². The molecule has 0 bridgehead atoms. The highest BCUT2D eigenvalue weighted by molar-refractivity contribution is 5.92. The summed E-state index contributed by atoms with van der Waals surface area (Å²) >= 11 is 0. The summed E-state index contributed by atoms with van der Waals surface area (Å²) in [7, 11) is 0. The Morgan fingerprint density at radius 1 is 1.07 bits per heavy atom. The lowest BCUT2D eigenvalue weighted by Gasteiger charge is -2.17. The normalized spacial score (nSPS) is 13.6. The van der Waals surface area contributed by atoms with Crippen LogP contribution in [0.15, 0.2) is 58.1 Å². The minimum Gasteiger partial charge on any atom is -0.337 e. The standard InChI is InChI=1S/C22H21FN4O3/c1-15-9-10-17(13-18(15)23)27-22(30)26(14-16-7-3-2-4-8-16)21(29)19(24-27)20(28)25-11-5-6-12-25/h2-4,7-10,13H,5-6,11-12,14H2,1H3. The van der Waals surface area contributed by atoms with Gasteiger partial charge in [0.2, 0.25) is 5.69 Å². The third-order valence-corrected chi connectivity index (χ3v) is 5.24. The second-order valence-electron chi connectivity index (χ2n) is 7.35. The largest absolute Gasteiger partial charge is 0.352 e. The van der Waals surface area contributed by atoms with Gasteiger partial charge in [0.1, 0.15) is 5.82 Å². The Hall–Kier alpha value is -3.55. The number of rotatable bonds is 4. The predicted octanol–water partition coefficient (Wildman–Crippen LogP) is 2.13. The summed E-state index contributed by atoms with van der Waals surface area (Å²) in [6.45, 7) is 2.66. The molecule has 0 saturated carbocycles. The number of likely N-dealkylation sites (tertiary alicyclic amines) is 1. The number of hydrogen-bond donors (Lipinski definition) is 0. The molecule has 0 spiro atoms. The number of aryl methyl sites for hydroxylation is 1. The minimum absolute atomic E-state index is 0.0182. The zero-order valence-electron chi connectivity index (χ0n) is 16.5. The van der Waals surface area contributed by atoms with Crippen LogP contribution < -0.4 is 11.2 Å². The first-order chi connectivity index (χ1) is 14.5. The van der Waals surface area contributed by atoms with Crippen LogP contribution in [0.2, 0.25) is 0 Å². The maximum atomic E-state index is 14.1. The summed E-state index contributed by atoms with van der Waals surface area (Å²) in [5, 5.41) is 4.07. The number of nitrogens with zero attached hydrogens (tertiary/aromatic N) is 4. The number of amides is 1. The number of halogens is 1. The quantitative estimate of drug-likeness (QED) is 0.663. The Kier molecular flexibility index (Phi) is 5.31. The third kappa shape index (κ3) is 3.68. The van der Waals surface area contributed by atoms with Gasteiger partial charge in [0.15, 0.2) is 0 Å². The van der Waals surface area contributed by atoms with E-state index in [2.05, 4.69) is 5.10 Å². The van der Waals surface area contributed by atoms with Crippen LogP contribution in [0.25, 0.3) is 5.69 Å². The van der Waals surface area contributed by atoms with Gasteiger partial charge in [0.25, 0.3) is 11.5 Å². The van der Waals surface area contributed by atoms with Crippen molar-refractivity contribution in [3.63, 3.8) is 0 Å². The summed E-state index contributed by atoms with van der Waals surface area (Å²) in [6, 6.07) is 13.2. The molecule has 1 aromatic heterocycles. The highest BCUT2D eigenvalue weighted by Gasteiger charge is 2.26. The zero-order chi connectivity index (χ0) is 21.3. The van der Waals surface area contributed by atoms with Crippen LogP contribution in [0, 0.1) is 12.7 Å². The number of carbonyl (C=O) groups is 1. The smallest absolute Gasteiger partial charge is 0.337 e. The third-order valence-electron chi connectivity index (χ3n) is 5.24. The lowest BCUT2D eigenvalue weighted by molar-refractivity contribution is 0.0781. The average molecular weight is 408 g/mol. The highest BCUT2D eigenvalue weighted by atomic mass is 19.1. The molecule has 2 heterocycles. The van der Waals surface area contributed by atoms with Crippen molar-refractivity contribution >= 4 is 5.91 Å². The van der Waals surface area contributed by atoms with Crippen LogP contribution in [-0.2, 0) is 6.54 Å². The van der Waals surface area contributed by atoms with E-state index < -0.39 is 23.0 Å². The molecule has 8 heteroatoms. The molecular formula is C22H21FN4O3. The lowest BCUT2D eigenvalue weighted by atomic mass is 10.2. The van der Waals surface area contributed by atoms with Crippen molar-refractivity contribution in [2.75, 3.05) is 13.1 Å². The molecule has 30 heavy (non-hydrogen) atoms. The monoisotopic (exact) mass is 408 g/mol. The van der Waals surface area contributed by atoms with E-state index >= 15 is 0 Å². The van der Waals surface area contributed by atoms with E-state index in [1.807, 2.05) is 6.07 Å². The molecule has 0 radical (unpaired) electrons. The van der Waals surface area contributed by atoms with Gasteiger partial charge in [-0.15, -0.1) is 0 Å². The fraction of sp³-hybridized carbons (Fsp3) is 0.273. The molecule has 1 aliphatic rings. The number of carbonyl (C=O) groups excluding carboxylic acids is 1. The first-order valence-electron chi connectivity index (χ1n) is 9.79. The maximum Gasteiger partial charge on any atom is 0.352 e. The van der Waals surface area contributed by atoms with Crippen molar-refractivity contribution < 1.29 is 9.18 Å². The van der Waals surface area contributed by atoms with Crippen molar-refractivity contribution in [2.45, 2.75) is 26.3 Å². The number of hydrogen-bond acceptors (Lipinski definition) is 4. The molecule has 3 aromatic rings. The fourth-order valence-corrected chi connectivity index (χ4v) is 3.51. The average Bonchev–Trinajstić information content (AvgIpc) is 3.29. The number of aromatic nitrogens is 3. The molecule has 1 amide bonds. The van der Waals surface area contributed by atoms with E-state index in [1.54, 1.807) is 36.1 Å². The van der Waals surface area contributed by atoms with Gasteiger partial charge < -0.3 is 4.90 Å². The molecule has 0 aliphatic carbocycles. The van der Waals surface area contributed by atoms with Gasteiger partial charge in [-0.3, -0.25) is 14.2 Å².